The second-order valence-electron chi connectivity index (χ2n) is 5.71. The predicted molar refractivity (Wildman–Crippen MR) is 90.4 cm³/mol. The highest BCUT2D eigenvalue weighted by Gasteiger charge is 2.15. The van der Waals surface area contributed by atoms with E-state index in [0.717, 1.165) is 34.3 Å². The van der Waals surface area contributed by atoms with E-state index in [1.807, 2.05) is 50.2 Å². The molecule has 1 unspecified atom stereocenters. The molecule has 0 saturated heterocycles. The van der Waals surface area contributed by atoms with Crippen molar-refractivity contribution in [1.29, 1.82) is 0 Å². The van der Waals surface area contributed by atoms with Crippen molar-refractivity contribution in [2.45, 2.75) is 33.1 Å². The van der Waals surface area contributed by atoms with Gasteiger partial charge in [-0.2, -0.15) is 0 Å². The fourth-order valence-corrected chi connectivity index (χ4v) is 2.86. The van der Waals surface area contributed by atoms with Crippen molar-refractivity contribution >= 4 is 10.9 Å². The van der Waals surface area contributed by atoms with Gasteiger partial charge in [-0.15, -0.1) is 0 Å². The standard InChI is InChI=1S/C19H20N2O/c1-4-14-11-16(19(22)20-13(14)3)12(2)17-10-9-15-7-5-6-8-18(15)21-17/h5-12H,4H2,1-3H3,(H,20,22). The predicted octanol–water partition coefficient (Wildman–Crippen LogP) is 3.95. The van der Waals surface area contributed by atoms with Gasteiger partial charge in [-0.05, 0) is 37.1 Å². The third-order valence-corrected chi connectivity index (χ3v) is 4.29. The first kappa shape index (κ1) is 14.5. The Morgan fingerprint density at radius 3 is 2.73 bits per heavy atom. The van der Waals surface area contributed by atoms with Gasteiger partial charge >= 0.3 is 0 Å². The van der Waals surface area contributed by atoms with Crippen molar-refractivity contribution in [1.82, 2.24) is 9.97 Å². The normalized spacial score (nSPS) is 12.5. The van der Waals surface area contributed by atoms with Gasteiger partial charge in [-0.25, -0.2) is 0 Å². The SMILES string of the molecule is CCc1cc(C(C)c2ccc3ccccc3n2)c(=O)[nH]c1C. The molecular formula is C19H20N2O. The van der Waals surface area contributed by atoms with Gasteiger partial charge < -0.3 is 4.98 Å². The molecule has 1 N–H and O–H groups in total. The van der Waals surface area contributed by atoms with Crippen LogP contribution < -0.4 is 5.56 Å². The molecule has 0 aliphatic carbocycles. The maximum Gasteiger partial charge on any atom is 0.252 e. The molecule has 0 aliphatic heterocycles. The summed E-state index contributed by atoms with van der Waals surface area (Å²) in [5.41, 5.74) is 4.79. The zero-order valence-corrected chi connectivity index (χ0v) is 13.2. The third kappa shape index (κ3) is 2.54. The van der Waals surface area contributed by atoms with Crippen LogP contribution in [0, 0.1) is 6.92 Å². The lowest BCUT2D eigenvalue weighted by Gasteiger charge is -2.14. The molecule has 3 rings (SSSR count). The molecule has 0 fully saturated rings. The Hall–Kier alpha value is -2.42. The van der Waals surface area contributed by atoms with Crippen LogP contribution in [0.1, 0.15) is 42.3 Å². The monoisotopic (exact) mass is 292 g/mol. The van der Waals surface area contributed by atoms with Crippen LogP contribution in [-0.4, -0.2) is 9.97 Å². The summed E-state index contributed by atoms with van der Waals surface area (Å²) in [4.78, 5) is 20.0. The molecule has 0 aliphatic rings. The number of rotatable bonds is 3. The molecule has 22 heavy (non-hydrogen) atoms. The topological polar surface area (TPSA) is 45.8 Å². The number of nitrogens with one attached hydrogen (secondary N) is 1. The first-order valence-electron chi connectivity index (χ1n) is 7.68. The van der Waals surface area contributed by atoms with Gasteiger partial charge in [0.25, 0.3) is 5.56 Å². The molecule has 0 amide bonds. The van der Waals surface area contributed by atoms with Crippen LogP contribution in [0.4, 0.5) is 0 Å². The van der Waals surface area contributed by atoms with E-state index in [9.17, 15) is 4.79 Å². The van der Waals surface area contributed by atoms with Gasteiger partial charge in [0.1, 0.15) is 0 Å². The third-order valence-electron chi connectivity index (χ3n) is 4.29. The highest BCUT2D eigenvalue weighted by Crippen LogP contribution is 2.23. The van der Waals surface area contributed by atoms with Gasteiger partial charge in [-0.3, -0.25) is 9.78 Å². The van der Waals surface area contributed by atoms with Gasteiger partial charge in [0.05, 0.1) is 5.52 Å². The van der Waals surface area contributed by atoms with Crippen molar-refractivity contribution < 1.29 is 0 Å². The number of aromatic amines is 1. The number of para-hydroxylation sites is 1. The first-order valence-corrected chi connectivity index (χ1v) is 7.68. The molecule has 0 bridgehead atoms. The van der Waals surface area contributed by atoms with Gasteiger partial charge in [-0.1, -0.05) is 38.1 Å². The van der Waals surface area contributed by atoms with Gasteiger partial charge in [0.2, 0.25) is 0 Å². The minimum absolute atomic E-state index is 0.0165. The van der Waals surface area contributed by atoms with Crippen LogP contribution in [-0.2, 0) is 6.42 Å². The maximum absolute atomic E-state index is 12.3. The molecule has 3 aromatic rings. The van der Waals surface area contributed by atoms with Crippen molar-refractivity contribution in [3.63, 3.8) is 0 Å². The zero-order chi connectivity index (χ0) is 15.7. The summed E-state index contributed by atoms with van der Waals surface area (Å²) in [5, 5.41) is 1.12. The highest BCUT2D eigenvalue weighted by atomic mass is 16.1. The summed E-state index contributed by atoms with van der Waals surface area (Å²) in [6.07, 6.45) is 0.910. The number of H-pyrrole nitrogens is 1. The molecular weight excluding hydrogens is 272 g/mol. The average Bonchev–Trinajstić information content (AvgIpc) is 2.54. The van der Waals surface area contributed by atoms with Crippen molar-refractivity contribution in [2.24, 2.45) is 0 Å². The summed E-state index contributed by atoms with van der Waals surface area (Å²) in [5.74, 6) is -0.0285. The van der Waals surface area contributed by atoms with E-state index in [4.69, 9.17) is 4.98 Å². The fraction of sp³-hybridized carbons (Fsp3) is 0.263. The largest absolute Gasteiger partial charge is 0.326 e. The second kappa shape index (κ2) is 5.76. The lowest BCUT2D eigenvalue weighted by atomic mass is 9.95. The molecule has 2 heterocycles. The Morgan fingerprint density at radius 1 is 1.18 bits per heavy atom. The van der Waals surface area contributed by atoms with Gasteiger partial charge in [0, 0.05) is 28.3 Å². The molecule has 2 aromatic heterocycles. The Morgan fingerprint density at radius 2 is 1.95 bits per heavy atom. The lowest BCUT2D eigenvalue weighted by molar-refractivity contribution is 0.845. The zero-order valence-electron chi connectivity index (χ0n) is 13.2. The van der Waals surface area contributed by atoms with Gasteiger partial charge in [0.15, 0.2) is 0 Å². The van der Waals surface area contributed by atoms with E-state index in [2.05, 4.69) is 18.0 Å². The molecule has 1 aromatic carbocycles. The summed E-state index contributed by atoms with van der Waals surface area (Å²) in [6, 6.07) is 14.1. The van der Waals surface area contributed by atoms with E-state index >= 15 is 0 Å². The molecule has 0 saturated carbocycles. The number of aromatic nitrogens is 2. The van der Waals surface area contributed by atoms with E-state index in [1.165, 1.54) is 5.56 Å². The van der Waals surface area contributed by atoms with Crippen molar-refractivity contribution in [3.8, 4) is 0 Å². The Kier molecular flexibility index (Phi) is 3.80. The van der Waals surface area contributed by atoms with E-state index in [-0.39, 0.29) is 11.5 Å². The Bertz CT molecular complexity index is 880. The number of pyridine rings is 2. The van der Waals surface area contributed by atoms with Crippen LogP contribution in [0.2, 0.25) is 0 Å². The average molecular weight is 292 g/mol. The number of aryl methyl sites for hydroxylation is 2. The van der Waals surface area contributed by atoms with Crippen LogP contribution in [0.15, 0.2) is 47.3 Å². The molecule has 112 valence electrons. The number of fused-ring (bicyclic) bond motifs is 1. The minimum Gasteiger partial charge on any atom is -0.326 e. The van der Waals surface area contributed by atoms with Crippen LogP contribution in [0.5, 0.6) is 0 Å². The maximum atomic E-state index is 12.3. The second-order valence-corrected chi connectivity index (χ2v) is 5.71. The van der Waals surface area contributed by atoms with Crippen LogP contribution in [0.25, 0.3) is 10.9 Å². The van der Waals surface area contributed by atoms with E-state index < -0.39 is 0 Å². The lowest BCUT2D eigenvalue weighted by Crippen LogP contribution is -2.18. The Balaban J connectivity index is 2.09. The minimum atomic E-state index is -0.0285. The summed E-state index contributed by atoms with van der Waals surface area (Å²) in [6.45, 7) is 6.09. The smallest absolute Gasteiger partial charge is 0.252 e. The van der Waals surface area contributed by atoms with E-state index in [1.54, 1.807) is 0 Å². The number of benzene rings is 1. The summed E-state index contributed by atoms with van der Waals surface area (Å²) < 4.78 is 0. The summed E-state index contributed by atoms with van der Waals surface area (Å²) >= 11 is 0. The fourth-order valence-electron chi connectivity index (χ4n) is 2.86. The number of nitrogens with zero attached hydrogens (tertiary/aromatic N) is 1. The molecule has 0 radical (unpaired) electrons. The quantitative estimate of drug-likeness (QED) is 0.794. The molecule has 1 atom stereocenters. The molecule has 0 spiro atoms. The summed E-state index contributed by atoms with van der Waals surface area (Å²) in [7, 11) is 0. The van der Waals surface area contributed by atoms with E-state index in [0.29, 0.717) is 0 Å². The Labute approximate surface area is 130 Å². The molecule has 3 nitrogen and oxygen atoms in total. The number of hydrogen-bond donors (Lipinski definition) is 1. The molecule has 3 heteroatoms. The van der Waals surface area contributed by atoms with Crippen molar-refractivity contribution in [3.05, 3.63) is 75.3 Å². The number of hydrogen-bond acceptors (Lipinski definition) is 2. The van der Waals surface area contributed by atoms with Crippen molar-refractivity contribution in [2.75, 3.05) is 0 Å². The first-order chi connectivity index (χ1) is 10.6. The van der Waals surface area contributed by atoms with Crippen LogP contribution >= 0.6 is 0 Å². The van der Waals surface area contributed by atoms with Crippen LogP contribution in [0.3, 0.4) is 0 Å². The highest BCUT2D eigenvalue weighted by molar-refractivity contribution is 5.78.